The molecule has 66 valence electrons. The number of allylic oxidation sites excluding steroid dienone is 2. The van der Waals surface area contributed by atoms with Crippen LogP contribution in [0.25, 0.3) is 0 Å². The van der Waals surface area contributed by atoms with Crippen molar-refractivity contribution in [3.05, 3.63) is 11.8 Å². The van der Waals surface area contributed by atoms with Crippen molar-refractivity contribution in [1.29, 1.82) is 0 Å². The zero-order valence-electron chi connectivity index (χ0n) is 8.35. The molecule has 0 saturated heterocycles. The number of unbranched alkanes of at least 4 members (excludes halogenated alkanes) is 1. The standard InChI is InChI=1S/C10H21N/c1-5-7-9-10(8-6-2)11(3)4/h8H,5-7,9H2,1-4H3. The second kappa shape index (κ2) is 6.26. The van der Waals surface area contributed by atoms with E-state index in [1.165, 1.54) is 25.0 Å². The maximum Gasteiger partial charge on any atom is 0.00868 e. The lowest BCUT2D eigenvalue weighted by molar-refractivity contribution is 0.476. The maximum atomic E-state index is 2.32. The van der Waals surface area contributed by atoms with Gasteiger partial charge in [-0.15, -0.1) is 0 Å². The molecule has 0 fully saturated rings. The third-order valence-corrected chi connectivity index (χ3v) is 1.80. The molecule has 1 heteroatoms. The van der Waals surface area contributed by atoms with Gasteiger partial charge in [0.25, 0.3) is 0 Å². The summed E-state index contributed by atoms with van der Waals surface area (Å²) in [6, 6.07) is 0. The van der Waals surface area contributed by atoms with E-state index < -0.39 is 0 Å². The summed E-state index contributed by atoms with van der Waals surface area (Å²) >= 11 is 0. The van der Waals surface area contributed by atoms with Crippen molar-refractivity contribution < 1.29 is 0 Å². The highest BCUT2D eigenvalue weighted by molar-refractivity contribution is 4.98. The summed E-state index contributed by atoms with van der Waals surface area (Å²) in [6.07, 6.45) is 7.29. The van der Waals surface area contributed by atoms with Crippen molar-refractivity contribution in [2.75, 3.05) is 14.1 Å². The molecule has 0 aromatic rings. The molecular weight excluding hydrogens is 134 g/mol. The Balaban J connectivity index is 3.80. The molecule has 0 aromatic carbocycles. The van der Waals surface area contributed by atoms with Crippen LogP contribution in [-0.4, -0.2) is 19.0 Å². The van der Waals surface area contributed by atoms with Crippen LogP contribution in [0.3, 0.4) is 0 Å². The smallest absolute Gasteiger partial charge is 0.00868 e. The van der Waals surface area contributed by atoms with Crippen LogP contribution in [-0.2, 0) is 0 Å². The minimum Gasteiger partial charge on any atom is -0.381 e. The Hall–Kier alpha value is -0.460. The fourth-order valence-electron chi connectivity index (χ4n) is 1.10. The summed E-state index contributed by atoms with van der Waals surface area (Å²) in [5, 5.41) is 0. The lowest BCUT2D eigenvalue weighted by atomic mass is 10.2. The van der Waals surface area contributed by atoms with E-state index in [4.69, 9.17) is 0 Å². The molecule has 0 saturated carbocycles. The van der Waals surface area contributed by atoms with Crippen LogP contribution in [0.2, 0.25) is 0 Å². The van der Waals surface area contributed by atoms with Crippen molar-refractivity contribution in [3.8, 4) is 0 Å². The monoisotopic (exact) mass is 155 g/mol. The minimum absolute atomic E-state index is 1.15. The zero-order chi connectivity index (χ0) is 8.69. The number of hydrogen-bond donors (Lipinski definition) is 0. The predicted molar refractivity (Wildman–Crippen MR) is 51.6 cm³/mol. The van der Waals surface area contributed by atoms with E-state index in [2.05, 4.69) is 38.9 Å². The Morgan fingerprint density at radius 2 is 1.91 bits per heavy atom. The van der Waals surface area contributed by atoms with Crippen LogP contribution in [0.1, 0.15) is 39.5 Å². The Bertz CT molecular complexity index is 114. The number of nitrogens with zero attached hydrogens (tertiary/aromatic N) is 1. The molecular formula is C10H21N. The van der Waals surface area contributed by atoms with Crippen LogP contribution < -0.4 is 0 Å². The van der Waals surface area contributed by atoms with E-state index in [1.807, 2.05) is 0 Å². The fourth-order valence-corrected chi connectivity index (χ4v) is 1.10. The SMILES string of the molecule is CCC=C(CCCC)N(C)C. The van der Waals surface area contributed by atoms with Gasteiger partial charge in [-0.1, -0.05) is 26.3 Å². The lowest BCUT2D eigenvalue weighted by Crippen LogP contribution is -2.10. The second-order valence-corrected chi connectivity index (χ2v) is 3.10. The van der Waals surface area contributed by atoms with Gasteiger partial charge in [0, 0.05) is 19.8 Å². The van der Waals surface area contributed by atoms with Crippen molar-refractivity contribution in [2.45, 2.75) is 39.5 Å². The minimum atomic E-state index is 1.15. The highest BCUT2D eigenvalue weighted by atomic mass is 15.1. The van der Waals surface area contributed by atoms with Crippen molar-refractivity contribution in [2.24, 2.45) is 0 Å². The molecule has 0 aliphatic rings. The lowest BCUT2D eigenvalue weighted by Gasteiger charge is -2.16. The van der Waals surface area contributed by atoms with E-state index in [0.717, 1.165) is 6.42 Å². The molecule has 0 radical (unpaired) electrons. The van der Waals surface area contributed by atoms with Gasteiger partial charge in [0.2, 0.25) is 0 Å². The first-order valence-electron chi connectivity index (χ1n) is 4.58. The quantitative estimate of drug-likeness (QED) is 0.590. The van der Waals surface area contributed by atoms with Gasteiger partial charge < -0.3 is 4.90 Å². The van der Waals surface area contributed by atoms with Crippen LogP contribution in [0.5, 0.6) is 0 Å². The van der Waals surface area contributed by atoms with Crippen molar-refractivity contribution in [3.63, 3.8) is 0 Å². The van der Waals surface area contributed by atoms with Gasteiger partial charge in [-0.2, -0.15) is 0 Å². The summed E-state index contributed by atoms with van der Waals surface area (Å²) in [7, 11) is 4.24. The first-order chi connectivity index (χ1) is 5.22. The van der Waals surface area contributed by atoms with Crippen LogP contribution in [0, 0.1) is 0 Å². The van der Waals surface area contributed by atoms with E-state index in [0.29, 0.717) is 0 Å². The first kappa shape index (κ1) is 10.5. The third-order valence-electron chi connectivity index (χ3n) is 1.80. The van der Waals surface area contributed by atoms with E-state index in [9.17, 15) is 0 Å². The van der Waals surface area contributed by atoms with E-state index in [-0.39, 0.29) is 0 Å². The van der Waals surface area contributed by atoms with Crippen LogP contribution >= 0.6 is 0 Å². The Kier molecular flexibility index (Phi) is 6.00. The average Bonchev–Trinajstić information content (AvgIpc) is 1.97. The van der Waals surface area contributed by atoms with Gasteiger partial charge in [-0.25, -0.2) is 0 Å². The highest BCUT2D eigenvalue weighted by Crippen LogP contribution is 2.09. The van der Waals surface area contributed by atoms with Gasteiger partial charge >= 0.3 is 0 Å². The summed E-state index contributed by atoms with van der Waals surface area (Å²) in [6.45, 7) is 4.43. The van der Waals surface area contributed by atoms with Crippen LogP contribution in [0.15, 0.2) is 11.8 Å². The van der Waals surface area contributed by atoms with E-state index >= 15 is 0 Å². The van der Waals surface area contributed by atoms with Crippen LogP contribution in [0.4, 0.5) is 0 Å². The summed E-state index contributed by atoms with van der Waals surface area (Å²) in [4.78, 5) is 2.22. The summed E-state index contributed by atoms with van der Waals surface area (Å²) in [5.74, 6) is 0. The number of hydrogen-bond acceptors (Lipinski definition) is 1. The van der Waals surface area contributed by atoms with Gasteiger partial charge in [0.1, 0.15) is 0 Å². The predicted octanol–water partition coefficient (Wildman–Crippen LogP) is 3.03. The molecule has 0 heterocycles. The maximum absolute atomic E-state index is 2.32. The van der Waals surface area contributed by atoms with Gasteiger partial charge in [0.05, 0.1) is 0 Å². The van der Waals surface area contributed by atoms with Gasteiger partial charge in [-0.3, -0.25) is 0 Å². The molecule has 0 aliphatic carbocycles. The Morgan fingerprint density at radius 3 is 2.27 bits per heavy atom. The first-order valence-corrected chi connectivity index (χ1v) is 4.58. The summed E-state index contributed by atoms with van der Waals surface area (Å²) < 4.78 is 0. The molecule has 0 atom stereocenters. The third kappa shape index (κ3) is 4.88. The number of rotatable bonds is 5. The Labute approximate surface area is 71.1 Å². The van der Waals surface area contributed by atoms with E-state index in [1.54, 1.807) is 0 Å². The average molecular weight is 155 g/mol. The molecule has 1 nitrogen and oxygen atoms in total. The second-order valence-electron chi connectivity index (χ2n) is 3.10. The molecule has 0 rings (SSSR count). The van der Waals surface area contributed by atoms with Gasteiger partial charge in [-0.05, 0) is 19.3 Å². The molecule has 0 bridgehead atoms. The van der Waals surface area contributed by atoms with Crippen molar-refractivity contribution in [1.82, 2.24) is 4.90 Å². The Morgan fingerprint density at radius 1 is 1.27 bits per heavy atom. The molecule has 0 spiro atoms. The van der Waals surface area contributed by atoms with Gasteiger partial charge in [0.15, 0.2) is 0 Å². The highest BCUT2D eigenvalue weighted by Gasteiger charge is 1.96. The molecule has 0 N–H and O–H groups in total. The molecule has 0 aromatic heterocycles. The fraction of sp³-hybridized carbons (Fsp3) is 0.800. The zero-order valence-corrected chi connectivity index (χ0v) is 8.35. The normalized spacial score (nSPS) is 11.8. The molecule has 0 unspecified atom stereocenters. The molecule has 11 heavy (non-hydrogen) atoms. The summed E-state index contributed by atoms with van der Waals surface area (Å²) in [5.41, 5.74) is 1.48. The van der Waals surface area contributed by atoms with Crippen molar-refractivity contribution >= 4 is 0 Å². The molecule has 0 aliphatic heterocycles. The molecule has 0 amide bonds. The topological polar surface area (TPSA) is 3.24 Å². The largest absolute Gasteiger partial charge is 0.381 e.